The molecule has 4 aromatic heterocycles. The van der Waals surface area contributed by atoms with Crippen LogP contribution in [-0.4, -0.2) is 60.2 Å². The van der Waals surface area contributed by atoms with Crippen molar-refractivity contribution in [3.8, 4) is 11.1 Å². The quantitative estimate of drug-likeness (QED) is 0.506. The van der Waals surface area contributed by atoms with E-state index in [4.69, 9.17) is 5.10 Å². The third-order valence-electron chi connectivity index (χ3n) is 6.73. The van der Waals surface area contributed by atoms with Gasteiger partial charge in [0, 0.05) is 41.6 Å². The number of hydrogen-bond acceptors (Lipinski definition) is 6. The molecule has 0 amide bonds. The molecule has 0 bridgehead atoms. The molecule has 4 heterocycles. The van der Waals surface area contributed by atoms with Crippen molar-refractivity contribution in [1.82, 2.24) is 34.0 Å². The molecule has 0 aromatic carbocycles. The molecule has 1 aliphatic rings. The van der Waals surface area contributed by atoms with Crippen molar-refractivity contribution in [2.24, 2.45) is 0 Å². The van der Waals surface area contributed by atoms with Crippen LogP contribution in [0, 0.1) is 6.92 Å². The number of fused-ring (bicyclic) bond motifs is 2. The summed E-state index contributed by atoms with van der Waals surface area (Å²) in [6.07, 6.45) is 10.5. The van der Waals surface area contributed by atoms with Gasteiger partial charge in [0.15, 0.2) is 5.65 Å². The molecule has 8 nitrogen and oxygen atoms in total. The average molecular weight is 433 g/mol. The molecule has 4 aromatic rings. The summed E-state index contributed by atoms with van der Waals surface area (Å²) >= 11 is 0. The molecule has 8 heteroatoms. The Labute approximate surface area is 188 Å². The predicted molar refractivity (Wildman–Crippen MR) is 128 cm³/mol. The number of nitrogens with zero attached hydrogens (tertiary/aromatic N) is 7. The first-order valence-electron chi connectivity index (χ1n) is 11.5. The zero-order chi connectivity index (χ0) is 22.4. The van der Waals surface area contributed by atoms with Crippen molar-refractivity contribution in [2.75, 3.05) is 19.4 Å². The van der Waals surface area contributed by atoms with Gasteiger partial charge in [-0.3, -0.25) is 0 Å². The van der Waals surface area contributed by atoms with Gasteiger partial charge >= 0.3 is 0 Å². The van der Waals surface area contributed by atoms with Gasteiger partial charge in [0.05, 0.1) is 17.2 Å². The number of pyridine rings is 1. The minimum atomic E-state index is 0.326. The smallest absolute Gasteiger partial charge is 0.241 e. The van der Waals surface area contributed by atoms with Crippen LogP contribution >= 0.6 is 0 Å². The molecule has 0 radical (unpaired) electrons. The third kappa shape index (κ3) is 3.72. The lowest BCUT2D eigenvalue weighted by atomic mass is 9.91. The first-order valence-corrected chi connectivity index (χ1v) is 11.5. The van der Waals surface area contributed by atoms with Gasteiger partial charge in [0.1, 0.15) is 5.82 Å². The van der Waals surface area contributed by atoms with Gasteiger partial charge in [-0.25, -0.2) is 19.5 Å². The fraction of sp³-hybridized carbons (Fsp3) is 0.500. The zero-order valence-electron chi connectivity index (χ0n) is 19.6. The highest BCUT2D eigenvalue weighted by molar-refractivity contribution is 5.85. The van der Waals surface area contributed by atoms with Crippen LogP contribution in [0.4, 0.5) is 5.95 Å². The van der Waals surface area contributed by atoms with E-state index in [9.17, 15) is 0 Å². The van der Waals surface area contributed by atoms with E-state index in [2.05, 4.69) is 69.8 Å². The summed E-state index contributed by atoms with van der Waals surface area (Å²) in [5.41, 5.74) is 4.94. The van der Waals surface area contributed by atoms with E-state index in [0.717, 1.165) is 46.5 Å². The maximum atomic E-state index is 4.73. The Balaban J connectivity index is 1.40. The minimum Gasteiger partial charge on any atom is -0.350 e. The molecule has 0 saturated heterocycles. The first kappa shape index (κ1) is 20.9. The van der Waals surface area contributed by atoms with E-state index >= 15 is 0 Å². The van der Waals surface area contributed by atoms with Crippen molar-refractivity contribution >= 4 is 22.6 Å². The second-order valence-corrected chi connectivity index (χ2v) is 9.44. The fourth-order valence-corrected chi connectivity index (χ4v) is 5.02. The summed E-state index contributed by atoms with van der Waals surface area (Å²) < 4.78 is 4.14. The number of imidazole rings is 1. The van der Waals surface area contributed by atoms with E-state index < -0.39 is 0 Å². The summed E-state index contributed by atoms with van der Waals surface area (Å²) in [6.45, 7) is 6.37. The first-order chi connectivity index (χ1) is 15.4. The van der Waals surface area contributed by atoms with E-state index in [-0.39, 0.29) is 0 Å². The van der Waals surface area contributed by atoms with E-state index in [1.165, 1.54) is 12.8 Å². The van der Waals surface area contributed by atoms with E-state index in [0.29, 0.717) is 24.1 Å². The van der Waals surface area contributed by atoms with Crippen LogP contribution in [0.3, 0.4) is 0 Å². The lowest BCUT2D eigenvalue weighted by Crippen LogP contribution is -2.36. The van der Waals surface area contributed by atoms with Gasteiger partial charge in [0.25, 0.3) is 0 Å². The summed E-state index contributed by atoms with van der Waals surface area (Å²) in [5, 5.41) is 8.27. The van der Waals surface area contributed by atoms with Gasteiger partial charge in [-0.2, -0.15) is 0 Å². The highest BCUT2D eigenvalue weighted by atomic mass is 15.3. The van der Waals surface area contributed by atoms with Gasteiger partial charge < -0.3 is 14.8 Å². The van der Waals surface area contributed by atoms with Crippen LogP contribution in [0.2, 0.25) is 0 Å². The Morgan fingerprint density at radius 1 is 1.06 bits per heavy atom. The molecule has 168 valence electrons. The zero-order valence-corrected chi connectivity index (χ0v) is 19.6. The summed E-state index contributed by atoms with van der Waals surface area (Å²) in [6, 6.07) is 5.71. The van der Waals surface area contributed by atoms with E-state index in [1.54, 1.807) is 0 Å². The largest absolute Gasteiger partial charge is 0.350 e. The normalized spacial score (nSPS) is 19.5. The minimum absolute atomic E-state index is 0.326. The Bertz CT molecular complexity index is 1240. The highest BCUT2D eigenvalue weighted by Crippen LogP contribution is 2.29. The molecular formula is C24H32N8. The third-order valence-corrected chi connectivity index (χ3v) is 6.73. The maximum Gasteiger partial charge on any atom is 0.241 e. The van der Waals surface area contributed by atoms with Crippen LogP contribution in [0.25, 0.3) is 27.8 Å². The fourth-order valence-electron chi connectivity index (χ4n) is 5.02. The topological polar surface area (TPSA) is 76.2 Å². The standard InChI is InChI=1S/C24H32N8/c1-15(2)32-16(3)27-23-21(32)12-17(13-25-23)20-10-11-31-22(20)14-26-24(29-31)28-18-6-8-19(9-7-18)30(4)5/h10-15,18-19H,6-9H2,1-5H3,(H,28,29)/t18-,19-. The van der Waals surface area contributed by atoms with Gasteiger partial charge in [-0.05, 0) is 72.7 Å². The van der Waals surface area contributed by atoms with Crippen LogP contribution in [0.5, 0.6) is 0 Å². The van der Waals surface area contributed by atoms with Crippen LogP contribution < -0.4 is 5.32 Å². The molecule has 1 N–H and O–H groups in total. The molecule has 1 saturated carbocycles. The van der Waals surface area contributed by atoms with E-state index in [1.807, 2.05) is 30.0 Å². The lowest BCUT2D eigenvalue weighted by molar-refractivity contribution is 0.221. The molecule has 0 atom stereocenters. The summed E-state index contributed by atoms with van der Waals surface area (Å²) in [5.74, 6) is 1.68. The molecule has 1 aliphatic carbocycles. The molecule has 0 unspecified atom stereocenters. The Morgan fingerprint density at radius 2 is 1.84 bits per heavy atom. The predicted octanol–water partition coefficient (Wildman–Crippen LogP) is 4.32. The maximum absolute atomic E-state index is 4.73. The number of aromatic nitrogens is 6. The monoisotopic (exact) mass is 432 g/mol. The van der Waals surface area contributed by atoms with Crippen molar-refractivity contribution in [1.29, 1.82) is 0 Å². The number of anilines is 1. The molecule has 32 heavy (non-hydrogen) atoms. The second kappa shape index (κ2) is 8.16. The summed E-state index contributed by atoms with van der Waals surface area (Å²) in [7, 11) is 4.34. The number of aryl methyl sites for hydroxylation is 1. The van der Waals surface area contributed by atoms with Crippen molar-refractivity contribution < 1.29 is 0 Å². The lowest BCUT2D eigenvalue weighted by Gasteiger charge is -2.32. The number of nitrogens with one attached hydrogen (secondary N) is 1. The van der Waals surface area contributed by atoms with Crippen LogP contribution in [-0.2, 0) is 0 Å². The van der Waals surface area contributed by atoms with Gasteiger partial charge in [0.2, 0.25) is 5.95 Å². The summed E-state index contributed by atoms with van der Waals surface area (Å²) in [4.78, 5) is 16.2. The molecule has 5 rings (SSSR count). The Morgan fingerprint density at radius 3 is 2.56 bits per heavy atom. The average Bonchev–Trinajstić information content (AvgIpc) is 3.33. The molecule has 0 spiro atoms. The Hall–Kier alpha value is -3.00. The highest BCUT2D eigenvalue weighted by Gasteiger charge is 2.23. The number of hydrogen-bond donors (Lipinski definition) is 1. The van der Waals surface area contributed by atoms with Crippen molar-refractivity contribution in [3.05, 3.63) is 36.5 Å². The van der Waals surface area contributed by atoms with Gasteiger partial charge in [-0.1, -0.05) is 0 Å². The van der Waals surface area contributed by atoms with Crippen LogP contribution in [0.1, 0.15) is 51.4 Å². The second-order valence-electron chi connectivity index (χ2n) is 9.44. The Kier molecular flexibility index (Phi) is 5.33. The van der Waals surface area contributed by atoms with Crippen LogP contribution in [0.15, 0.2) is 30.7 Å². The molecular weight excluding hydrogens is 400 g/mol. The van der Waals surface area contributed by atoms with Crippen molar-refractivity contribution in [3.63, 3.8) is 0 Å². The SMILES string of the molecule is Cc1nc2ncc(-c3ccn4nc(N[C@H]5CC[C@H](N(C)C)CC5)ncc34)cc2n1C(C)C. The van der Waals surface area contributed by atoms with Crippen molar-refractivity contribution in [2.45, 2.75) is 64.6 Å². The molecule has 1 fully saturated rings. The van der Waals surface area contributed by atoms with Gasteiger partial charge in [-0.15, -0.1) is 5.10 Å². The number of rotatable bonds is 5. The molecule has 0 aliphatic heterocycles.